The number of halogens is 2. The minimum atomic E-state index is -0.151. The number of aromatic nitrogens is 1. The molecule has 0 aliphatic carbocycles. The molecule has 3 rings (SSSR count). The Balaban J connectivity index is 1.63. The monoisotopic (exact) mass is 433 g/mol. The molecule has 2 N–H and O–H groups in total. The van der Waals surface area contributed by atoms with E-state index in [9.17, 15) is 4.79 Å². The Morgan fingerprint density at radius 1 is 1.17 bits per heavy atom. The Morgan fingerprint density at radius 2 is 2.00 bits per heavy atom. The van der Waals surface area contributed by atoms with Crippen molar-refractivity contribution in [3.63, 3.8) is 0 Å². The quantitative estimate of drug-likeness (QED) is 0.464. The molecule has 6 heteroatoms. The normalized spacial score (nSPS) is 11.2. The first kappa shape index (κ1) is 16.0. The van der Waals surface area contributed by atoms with E-state index in [4.69, 9.17) is 0 Å². The number of hydrogen-bond donors (Lipinski definition) is 2. The Hall–Kier alpha value is -1.92. The topological polar surface area (TPSA) is 57.2 Å². The van der Waals surface area contributed by atoms with Gasteiger partial charge in [0.2, 0.25) is 5.91 Å². The summed E-state index contributed by atoms with van der Waals surface area (Å²) in [5.41, 5.74) is 5.44. The second-order valence-electron chi connectivity index (χ2n) is 5.00. The number of nitrogens with zero attached hydrogens (tertiary/aromatic N) is 1. The zero-order valence-corrected chi connectivity index (χ0v) is 15.2. The molecule has 1 amide bonds. The highest BCUT2D eigenvalue weighted by Gasteiger charge is 2.07. The summed E-state index contributed by atoms with van der Waals surface area (Å²) < 4.78 is 1.91. The average Bonchev–Trinajstić information content (AvgIpc) is 2.94. The number of para-hydroxylation sites is 1. The van der Waals surface area contributed by atoms with E-state index in [-0.39, 0.29) is 12.3 Å². The molecule has 0 spiro atoms. The van der Waals surface area contributed by atoms with Crippen LogP contribution in [0, 0.1) is 0 Å². The molecule has 4 nitrogen and oxygen atoms in total. The van der Waals surface area contributed by atoms with Crippen molar-refractivity contribution >= 4 is 54.9 Å². The van der Waals surface area contributed by atoms with Crippen molar-refractivity contribution in [3.05, 3.63) is 68.7 Å². The molecule has 1 heterocycles. The molecule has 3 aromatic rings. The molecule has 1 aromatic heterocycles. The molecule has 0 radical (unpaired) electrons. The first-order valence-corrected chi connectivity index (χ1v) is 8.54. The predicted octanol–water partition coefficient (Wildman–Crippen LogP) is 4.39. The molecule has 23 heavy (non-hydrogen) atoms. The fourth-order valence-electron chi connectivity index (χ4n) is 2.26. The van der Waals surface area contributed by atoms with Crippen LogP contribution in [0.4, 0.5) is 0 Å². The summed E-state index contributed by atoms with van der Waals surface area (Å²) >= 11 is 6.84. The lowest BCUT2D eigenvalue weighted by Gasteiger charge is -2.00. The third-order valence-corrected chi connectivity index (χ3v) is 5.25. The van der Waals surface area contributed by atoms with Gasteiger partial charge in [-0.1, -0.05) is 24.3 Å². The lowest BCUT2D eigenvalue weighted by Crippen LogP contribution is -2.19. The van der Waals surface area contributed by atoms with Crippen molar-refractivity contribution in [1.29, 1.82) is 0 Å². The van der Waals surface area contributed by atoms with Gasteiger partial charge in [-0.25, -0.2) is 5.43 Å². The second kappa shape index (κ2) is 7.10. The number of H-pyrrole nitrogens is 1. The van der Waals surface area contributed by atoms with Crippen molar-refractivity contribution in [2.45, 2.75) is 6.42 Å². The summed E-state index contributed by atoms with van der Waals surface area (Å²) in [5, 5.41) is 5.06. The van der Waals surface area contributed by atoms with Crippen LogP contribution in [0.1, 0.15) is 11.1 Å². The highest BCUT2D eigenvalue weighted by atomic mass is 79.9. The Morgan fingerprint density at radius 3 is 2.83 bits per heavy atom. The van der Waals surface area contributed by atoms with E-state index >= 15 is 0 Å². The maximum absolute atomic E-state index is 12.0. The van der Waals surface area contributed by atoms with Gasteiger partial charge in [0.15, 0.2) is 0 Å². The first-order valence-electron chi connectivity index (χ1n) is 6.95. The van der Waals surface area contributed by atoms with Crippen LogP contribution in [-0.2, 0) is 11.2 Å². The summed E-state index contributed by atoms with van der Waals surface area (Å²) in [4.78, 5) is 15.2. The van der Waals surface area contributed by atoms with Crippen LogP contribution >= 0.6 is 31.9 Å². The standard InChI is InChI=1S/C17H13Br2N3O/c18-14-6-5-11(7-15(14)19)9-21-22-17(23)8-12-10-20-16-4-2-1-3-13(12)16/h1-7,9-10,20H,8H2,(H,22,23). The van der Waals surface area contributed by atoms with Gasteiger partial charge in [-0.15, -0.1) is 0 Å². The number of nitrogens with one attached hydrogen (secondary N) is 2. The SMILES string of the molecule is O=C(Cc1c[nH]c2ccccc12)NN=Cc1ccc(Br)c(Br)c1. The minimum absolute atomic E-state index is 0.151. The van der Waals surface area contributed by atoms with Crippen LogP contribution < -0.4 is 5.43 Å². The zero-order chi connectivity index (χ0) is 16.2. The van der Waals surface area contributed by atoms with Gasteiger partial charge in [0, 0.05) is 26.0 Å². The third-order valence-electron chi connectivity index (χ3n) is 3.37. The summed E-state index contributed by atoms with van der Waals surface area (Å²) in [6.45, 7) is 0. The smallest absolute Gasteiger partial charge is 0.244 e. The molecule has 2 aromatic carbocycles. The lowest BCUT2D eigenvalue weighted by molar-refractivity contribution is -0.120. The largest absolute Gasteiger partial charge is 0.361 e. The number of amides is 1. The van der Waals surface area contributed by atoms with E-state index in [1.165, 1.54) is 0 Å². The van der Waals surface area contributed by atoms with Gasteiger partial charge in [0.25, 0.3) is 0 Å². The van der Waals surface area contributed by atoms with E-state index in [0.717, 1.165) is 31.0 Å². The maximum atomic E-state index is 12.0. The molecular weight excluding hydrogens is 422 g/mol. The van der Waals surface area contributed by atoms with Crippen molar-refractivity contribution < 1.29 is 4.79 Å². The molecule has 0 aliphatic heterocycles. The number of aromatic amines is 1. The Kier molecular flexibility index (Phi) is 4.93. The summed E-state index contributed by atoms with van der Waals surface area (Å²) in [6.07, 6.45) is 3.76. The molecule has 0 bridgehead atoms. The Labute approximate surface area is 150 Å². The second-order valence-corrected chi connectivity index (χ2v) is 6.71. The summed E-state index contributed by atoms with van der Waals surface area (Å²) in [5.74, 6) is -0.151. The molecular formula is C17H13Br2N3O. The van der Waals surface area contributed by atoms with Gasteiger partial charge in [0.1, 0.15) is 0 Å². The van der Waals surface area contributed by atoms with Crippen LogP contribution in [-0.4, -0.2) is 17.1 Å². The molecule has 0 aliphatic rings. The number of carbonyl (C=O) groups excluding carboxylic acids is 1. The van der Waals surface area contributed by atoms with Crippen molar-refractivity contribution in [2.75, 3.05) is 0 Å². The van der Waals surface area contributed by atoms with E-state index in [1.54, 1.807) is 6.21 Å². The van der Waals surface area contributed by atoms with E-state index in [0.29, 0.717) is 0 Å². The number of fused-ring (bicyclic) bond motifs is 1. The third kappa shape index (κ3) is 3.89. The highest BCUT2D eigenvalue weighted by molar-refractivity contribution is 9.13. The number of rotatable bonds is 4. The molecule has 0 saturated carbocycles. The molecule has 0 fully saturated rings. The van der Waals surface area contributed by atoms with Crippen LogP contribution in [0.2, 0.25) is 0 Å². The average molecular weight is 435 g/mol. The van der Waals surface area contributed by atoms with Gasteiger partial charge in [-0.05, 0) is 61.2 Å². The van der Waals surface area contributed by atoms with Crippen LogP contribution in [0.5, 0.6) is 0 Å². The maximum Gasteiger partial charge on any atom is 0.244 e. The van der Waals surface area contributed by atoms with E-state index in [1.807, 2.05) is 48.7 Å². The van der Waals surface area contributed by atoms with Crippen LogP contribution in [0.25, 0.3) is 10.9 Å². The number of hydrogen-bond acceptors (Lipinski definition) is 2. The number of carbonyl (C=O) groups is 1. The van der Waals surface area contributed by atoms with Gasteiger partial charge < -0.3 is 4.98 Å². The number of hydrazone groups is 1. The zero-order valence-electron chi connectivity index (χ0n) is 12.0. The van der Waals surface area contributed by atoms with Crippen molar-refractivity contribution in [1.82, 2.24) is 10.4 Å². The van der Waals surface area contributed by atoms with Gasteiger partial charge in [0.05, 0.1) is 12.6 Å². The fraction of sp³-hybridized carbons (Fsp3) is 0.0588. The van der Waals surface area contributed by atoms with Gasteiger partial charge in [-0.3, -0.25) is 4.79 Å². The summed E-state index contributed by atoms with van der Waals surface area (Å²) in [7, 11) is 0. The van der Waals surface area contributed by atoms with Crippen molar-refractivity contribution in [3.8, 4) is 0 Å². The number of benzene rings is 2. The molecule has 0 unspecified atom stereocenters. The Bertz CT molecular complexity index is 886. The van der Waals surface area contributed by atoms with Crippen LogP contribution in [0.15, 0.2) is 62.7 Å². The van der Waals surface area contributed by atoms with E-state index in [2.05, 4.69) is 47.4 Å². The lowest BCUT2D eigenvalue weighted by atomic mass is 10.1. The molecule has 0 saturated heterocycles. The summed E-state index contributed by atoms with van der Waals surface area (Å²) in [6, 6.07) is 13.6. The fourth-order valence-corrected chi connectivity index (χ4v) is 2.90. The first-order chi connectivity index (χ1) is 11.1. The van der Waals surface area contributed by atoms with Crippen molar-refractivity contribution in [2.24, 2.45) is 5.10 Å². The van der Waals surface area contributed by atoms with Gasteiger partial charge in [-0.2, -0.15) is 5.10 Å². The minimum Gasteiger partial charge on any atom is -0.361 e. The predicted molar refractivity (Wildman–Crippen MR) is 99.6 cm³/mol. The highest BCUT2D eigenvalue weighted by Crippen LogP contribution is 2.23. The molecule has 0 atom stereocenters. The van der Waals surface area contributed by atoms with E-state index < -0.39 is 0 Å². The van der Waals surface area contributed by atoms with Crippen LogP contribution in [0.3, 0.4) is 0 Å². The molecule has 116 valence electrons. The van der Waals surface area contributed by atoms with Gasteiger partial charge >= 0.3 is 0 Å².